The fraction of sp³-hybridized carbons (Fsp3) is 0.312. The predicted molar refractivity (Wildman–Crippen MR) is 80.4 cm³/mol. The van der Waals surface area contributed by atoms with Crippen LogP contribution in [0.5, 0.6) is 0 Å². The molecule has 0 saturated heterocycles. The van der Waals surface area contributed by atoms with Gasteiger partial charge in [-0.05, 0) is 54.8 Å². The van der Waals surface area contributed by atoms with Gasteiger partial charge in [0.25, 0.3) is 0 Å². The Morgan fingerprint density at radius 2 is 1.79 bits per heavy atom. The third-order valence-electron chi connectivity index (χ3n) is 3.10. The van der Waals surface area contributed by atoms with E-state index in [2.05, 4.69) is 41.5 Å². The van der Waals surface area contributed by atoms with E-state index in [0.29, 0.717) is 6.04 Å². The maximum Gasteiger partial charge on any atom is 0.0406 e. The SMILES string of the molecule is CCCNC(Cc1ccc(Cl)cc1)c1ccncc1. The first kappa shape index (κ1) is 14.0. The summed E-state index contributed by atoms with van der Waals surface area (Å²) in [7, 11) is 0. The van der Waals surface area contributed by atoms with E-state index < -0.39 is 0 Å². The highest BCUT2D eigenvalue weighted by atomic mass is 35.5. The fourth-order valence-corrected chi connectivity index (χ4v) is 2.20. The zero-order chi connectivity index (χ0) is 13.5. The van der Waals surface area contributed by atoms with Gasteiger partial charge in [-0.2, -0.15) is 0 Å². The quantitative estimate of drug-likeness (QED) is 0.861. The molecule has 3 heteroatoms. The molecule has 0 aliphatic carbocycles. The van der Waals surface area contributed by atoms with Crippen LogP contribution in [0.2, 0.25) is 5.02 Å². The third kappa shape index (κ3) is 4.34. The summed E-state index contributed by atoms with van der Waals surface area (Å²) in [6.45, 7) is 3.19. The van der Waals surface area contributed by atoms with Crippen LogP contribution in [0.25, 0.3) is 0 Å². The molecule has 1 unspecified atom stereocenters. The van der Waals surface area contributed by atoms with Gasteiger partial charge in [0, 0.05) is 23.5 Å². The second-order valence-electron chi connectivity index (χ2n) is 4.62. The molecular formula is C16H19ClN2. The molecule has 0 aliphatic heterocycles. The molecule has 0 aliphatic rings. The molecule has 0 radical (unpaired) electrons. The summed E-state index contributed by atoms with van der Waals surface area (Å²) in [5, 5.41) is 4.37. The van der Waals surface area contributed by atoms with Crippen LogP contribution in [-0.4, -0.2) is 11.5 Å². The van der Waals surface area contributed by atoms with Crippen molar-refractivity contribution in [3.05, 3.63) is 64.9 Å². The normalized spacial score (nSPS) is 12.3. The lowest BCUT2D eigenvalue weighted by Gasteiger charge is -2.19. The van der Waals surface area contributed by atoms with Gasteiger partial charge in [-0.1, -0.05) is 30.7 Å². The van der Waals surface area contributed by atoms with E-state index in [9.17, 15) is 0 Å². The molecular weight excluding hydrogens is 256 g/mol. The van der Waals surface area contributed by atoms with E-state index in [1.165, 1.54) is 11.1 Å². The molecule has 100 valence electrons. The van der Waals surface area contributed by atoms with Crippen LogP contribution < -0.4 is 5.32 Å². The highest BCUT2D eigenvalue weighted by molar-refractivity contribution is 6.30. The summed E-state index contributed by atoms with van der Waals surface area (Å²) < 4.78 is 0. The molecule has 0 amide bonds. The molecule has 0 fully saturated rings. The van der Waals surface area contributed by atoms with Gasteiger partial charge in [0.05, 0.1) is 0 Å². The number of rotatable bonds is 6. The van der Waals surface area contributed by atoms with Gasteiger partial charge in [0.1, 0.15) is 0 Å². The number of halogens is 1. The number of benzene rings is 1. The lowest BCUT2D eigenvalue weighted by Crippen LogP contribution is -2.24. The largest absolute Gasteiger partial charge is 0.310 e. The number of hydrogen-bond donors (Lipinski definition) is 1. The maximum atomic E-state index is 5.92. The average molecular weight is 275 g/mol. The van der Waals surface area contributed by atoms with Gasteiger partial charge in [-0.25, -0.2) is 0 Å². The molecule has 1 aromatic carbocycles. The number of nitrogens with zero attached hydrogens (tertiary/aromatic N) is 1. The van der Waals surface area contributed by atoms with Gasteiger partial charge < -0.3 is 5.32 Å². The summed E-state index contributed by atoms with van der Waals surface area (Å²) >= 11 is 5.92. The average Bonchev–Trinajstić information content (AvgIpc) is 2.46. The van der Waals surface area contributed by atoms with Gasteiger partial charge in [-0.3, -0.25) is 4.98 Å². The molecule has 0 spiro atoms. The van der Waals surface area contributed by atoms with E-state index in [0.717, 1.165) is 24.4 Å². The van der Waals surface area contributed by atoms with Crippen LogP contribution in [0, 0.1) is 0 Å². The van der Waals surface area contributed by atoms with Crippen LogP contribution in [0.1, 0.15) is 30.5 Å². The third-order valence-corrected chi connectivity index (χ3v) is 3.35. The summed E-state index contributed by atoms with van der Waals surface area (Å²) in [4.78, 5) is 4.08. The topological polar surface area (TPSA) is 24.9 Å². The summed E-state index contributed by atoms with van der Waals surface area (Å²) in [5.74, 6) is 0. The Morgan fingerprint density at radius 3 is 2.42 bits per heavy atom. The standard InChI is InChI=1S/C16H19ClN2/c1-2-9-19-16(14-7-10-18-11-8-14)12-13-3-5-15(17)6-4-13/h3-8,10-11,16,19H,2,9,12H2,1H3. The molecule has 1 heterocycles. The summed E-state index contributed by atoms with van der Waals surface area (Å²) in [5.41, 5.74) is 2.56. The van der Waals surface area contributed by atoms with Gasteiger partial charge in [-0.15, -0.1) is 0 Å². The highest BCUT2D eigenvalue weighted by Crippen LogP contribution is 2.19. The van der Waals surface area contributed by atoms with Crippen molar-refractivity contribution in [3.8, 4) is 0 Å². The van der Waals surface area contributed by atoms with Crippen LogP contribution in [0.15, 0.2) is 48.8 Å². The van der Waals surface area contributed by atoms with E-state index in [1.807, 2.05) is 24.5 Å². The van der Waals surface area contributed by atoms with Crippen molar-refractivity contribution >= 4 is 11.6 Å². The minimum Gasteiger partial charge on any atom is -0.310 e. The first-order valence-electron chi connectivity index (χ1n) is 6.67. The predicted octanol–water partition coefficient (Wildman–Crippen LogP) is 4.02. The molecule has 2 aromatic rings. The van der Waals surface area contributed by atoms with Crippen LogP contribution in [0.4, 0.5) is 0 Å². The first-order valence-corrected chi connectivity index (χ1v) is 7.05. The van der Waals surface area contributed by atoms with Gasteiger partial charge in [0.2, 0.25) is 0 Å². The first-order chi connectivity index (χ1) is 9.29. The second kappa shape index (κ2) is 7.27. The molecule has 1 aromatic heterocycles. The van der Waals surface area contributed by atoms with Crippen molar-refractivity contribution in [2.24, 2.45) is 0 Å². The number of aromatic nitrogens is 1. The molecule has 0 bridgehead atoms. The monoisotopic (exact) mass is 274 g/mol. The Morgan fingerprint density at radius 1 is 1.11 bits per heavy atom. The number of hydrogen-bond acceptors (Lipinski definition) is 2. The number of pyridine rings is 1. The van der Waals surface area contributed by atoms with Crippen LogP contribution in [-0.2, 0) is 6.42 Å². The van der Waals surface area contributed by atoms with Crippen molar-refractivity contribution in [3.63, 3.8) is 0 Å². The molecule has 0 saturated carbocycles. The van der Waals surface area contributed by atoms with Crippen molar-refractivity contribution < 1.29 is 0 Å². The zero-order valence-electron chi connectivity index (χ0n) is 11.1. The summed E-state index contributed by atoms with van der Waals surface area (Å²) in [6, 6.07) is 12.5. The van der Waals surface area contributed by atoms with Crippen LogP contribution in [0.3, 0.4) is 0 Å². The van der Waals surface area contributed by atoms with E-state index in [4.69, 9.17) is 11.6 Å². The molecule has 19 heavy (non-hydrogen) atoms. The fourth-order valence-electron chi connectivity index (χ4n) is 2.08. The summed E-state index contributed by atoms with van der Waals surface area (Å²) in [6.07, 6.45) is 5.78. The van der Waals surface area contributed by atoms with E-state index in [-0.39, 0.29) is 0 Å². The minimum atomic E-state index is 0.323. The lowest BCUT2D eigenvalue weighted by molar-refractivity contribution is 0.529. The highest BCUT2D eigenvalue weighted by Gasteiger charge is 2.11. The Bertz CT molecular complexity index is 482. The van der Waals surface area contributed by atoms with E-state index in [1.54, 1.807) is 0 Å². The molecule has 2 rings (SSSR count). The lowest BCUT2D eigenvalue weighted by atomic mass is 9.99. The second-order valence-corrected chi connectivity index (χ2v) is 5.05. The smallest absolute Gasteiger partial charge is 0.0406 e. The van der Waals surface area contributed by atoms with Crippen molar-refractivity contribution in [2.75, 3.05) is 6.54 Å². The number of nitrogens with one attached hydrogen (secondary N) is 1. The van der Waals surface area contributed by atoms with Crippen molar-refractivity contribution in [1.82, 2.24) is 10.3 Å². The van der Waals surface area contributed by atoms with Crippen molar-refractivity contribution in [1.29, 1.82) is 0 Å². The maximum absolute atomic E-state index is 5.92. The Balaban J connectivity index is 2.11. The molecule has 1 N–H and O–H groups in total. The molecule has 2 nitrogen and oxygen atoms in total. The van der Waals surface area contributed by atoms with Gasteiger partial charge >= 0.3 is 0 Å². The van der Waals surface area contributed by atoms with Gasteiger partial charge in [0.15, 0.2) is 0 Å². The minimum absolute atomic E-state index is 0.323. The Kier molecular flexibility index (Phi) is 5.37. The van der Waals surface area contributed by atoms with E-state index >= 15 is 0 Å². The van der Waals surface area contributed by atoms with Crippen molar-refractivity contribution in [2.45, 2.75) is 25.8 Å². The van der Waals surface area contributed by atoms with Crippen LogP contribution >= 0.6 is 11.6 Å². The molecule has 1 atom stereocenters. The Labute approximate surface area is 119 Å². The Hall–Kier alpha value is -1.38. The zero-order valence-corrected chi connectivity index (χ0v) is 11.9.